The second-order valence-electron chi connectivity index (χ2n) is 7.21. The van der Waals surface area contributed by atoms with Gasteiger partial charge in [-0.05, 0) is 29.7 Å². The Morgan fingerprint density at radius 1 is 1.11 bits per heavy atom. The lowest BCUT2D eigenvalue weighted by Crippen LogP contribution is -2.50. The number of morpholine rings is 1. The number of urea groups is 1. The summed E-state index contributed by atoms with van der Waals surface area (Å²) < 4.78 is 5.21. The lowest BCUT2D eigenvalue weighted by molar-refractivity contribution is -0.137. The minimum Gasteiger partial charge on any atom is -0.378 e. The van der Waals surface area contributed by atoms with Crippen LogP contribution in [0.25, 0.3) is 0 Å². The molecule has 2 saturated heterocycles. The van der Waals surface area contributed by atoms with E-state index < -0.39 is 11.9 Å². The summed E-state index contributed by atoms with van der Waals surface area (Å²) in [7, 11) is 0. The highest BCUT2D eigenvalue weighted by Gasteiger charge is 2.35. The summed E-state index contributed by atoms with van der Waals surface area (Å²) in [6, 6.07) is 4.55. The van der Waals surface area contributed by atoms with Crippen molar-refractivity contribution in [3.05, 3.63) is 34.9 Å². The molecule has 9 nitrogen and oxygen atoms in total. The smallest absolute Gasteiger partial charge is 0.324 e. The van der Waals surface area contributed by atoms with Crippen LogP contribution in [0.4, 0.5) is 4.79 Å². The lowest BCUT2D eigenvalue weighted by atomic mass is 10.0. The number of hydrogen-bond acceptors (Lipinski definition) is 6. The summed E-state index contributed by atoms with van der Waals surface area (Å²) >= 11 is 0. The molecular formula is C19H22N4O5. The number of carbonyl (C=O) groups is 4. The van der Waals surface area contributed by atoms with Crippen LogP contribution in [-0.2, 0) is 27.4 Å². The van der Waals surface area contributed by atoms with Gasteiger partial charge in [0.25, 0.3) is 5.91 Å². The molecule has 0 spiro atoms. The molecule has 148 valence electrons. The van der Waals surface area contributed by atoms with Crippen molar-refractivity contribution in [1.29, 1.82) is 0 Å². The van der Waals surface area contributed by atoms with Crippen LogP contribution in [-0.4, -0.2) is 65.9 Å². The summed E-state index contributed by atoms with van der Waals surface area (Å²) in [6.07, 6.45) is 0.834. The van der Waals surface area contributed by atoms with Crippen LogP contribution >= 0.6 is 0 Å². The highest BCUT2D eigenvalue weighted by molar-refractivity contribution is 6.04. The Bertz CT molecular complexity index is 834. The zero-order valence-electron chi connectivity index (χ0n) is 15.4. The molecule has 0 aromatic heterocycles. The number of carbonyl (C=O) groups excluding carboxylic acids is 4. The summed E-state index contributed by atoms with van der Waals surface area (Å²) in [5.41, 5.74) is 2.41. The topological polar surface area (TPSA) is 108 Å². The van der Waals surface area contributed by atoms with Crippen LogP contribution in [0.3, 0.4) is 0 Å². The Labute approximate surface area is 162 Å². The normalized spacial score (nSPS) is 22.6. The first-order valence-electron chi connectivity index (χ1n) is 9.39. The minimum atomic E-state index is -0.446. The Morgan fingerprint density at radius 2 is 1.86 bits per heavy atom. The average Bonchev–Trinajstić information content (AvgIpc) is 3.11. The molecule has 3 aliphatic rings. The molecule has 1 atom stereocenters. The maximum atomic E-state index is 12.5. The maximum absolute atomic E-state index is 12.5. The summed E-state index contributed by atoms with van der Waals surface area (Å²) in [5, 5.41) is 4.80. The van der Waals surface area contributed by atoms with Crippen molar-refractivity contribution in [2.75, 3.05) is 26.3 Å². The number of rotatable bonds is 2. The summed E-state index contributed by atoms with van der Waals surface area (Å²) in [5.74, 6) is -0.946. The van der Waals surface area contributed by atoms with Gasteiger partial charge in [-0.25, -0.2) is 4.79 Å². The van der Waals surface area contributed by atoms with Crippen LogP contribution in [0.5, 0.6) is 0 Å². The first-order valence-corrected chi connectivity index (χ1v) is 9.39. The first kappa shape index (κ1) is 18.6. The SMILES string of the molecule is O=C1CCC(N2Cc3ccc(C(=O)NC(=O)N4CCOCC4)cc3C2)C(=O)N1. The molecule has 0 saturated carbocycles. The molecule has 28 heavy (non-hydrogen) atoms. The zero-order valence-corrected chi connectivity index (χ0v) is 15.4. The molecule has 3 heterocycles. The van der Waals surface area contributed by atoms with Gasteiger partial charge in [0.15, 0.2) is 0 Å². The fraction of sp³-hybridized carbons (Fsp3) is 0.474. The van der Waals surface area contributed by atoms with E-state index in [1.54, 1.807) is 17.0 Å². The fourth-order valence-electron chi connectivity index (χ4n) is 3.83. The molecule has 2 N–H and O–H groups in total. The summed E-state index contributed by atoms with van der Waals surface area (Å²) in [4.78, 5) is 51.7. The number of amides is 5. The molecule has 3 aliphatic heterocycles. The molecule has 1 aromatic carbocycles. The highest BCUT2D eigenvalue weighted by Crippen LogP contribution is 2.28. The van der Waals surface area contributed by atoms with Crippen molar-refractivity contribution in [1.82, 2.24) is 20.4 Å². The van der Waals surface area contributed by atoms with Gasteiger partial charge in [-0.3, -0.25) is 29.9 Å². The third kappa shape index (κ3) is 3.76. The van der Waals surface area contributed by atoms with E-state index in [9.17, 15) is 19.2 Å². The van der Waals surface area contributed by atoms with Crippen LogP contribution in [0, 0.1) is 0 Å². The molecule has 9 heteroatoms. The molecular weight excluding hydrogens is 364 g/mol. The third-order valence-electron chi connectivity index (χ3n) is 5.38. The molecule has 1 aromatic rings. The van der Waals surface area contributed by atoms with E-state index >= 15 is 0 Å². The van der Waals surface area contributed by atoms with Gasteiger partial charge in [-0.2, -0.15) is 0 Å². The van der Waals surface area contributed by atoms with Crippen LogP contribution in [0.1, 0.15) is 34.3 Å². The van der Waals surface area contributed by atoms with Gasteiger partial charge in [0.1, 0.15) is 0 Å². The largest absolute Gasteiger partial charge is 0.378 e. The van der Waals surface area contributed by atoms with E-state index in [4.69, 9.17) is 4.74 Å². The van der Waals surface area contributed by atoms with Crippen molar-refractivity contribution in [3.63, 3.8) is 0 Å². The molecule has 0 radical (unpaired) electrons. The Morgan fingerprint density at radius 3 is 2.61 bits per heavy atom. The number of imide groups is 2. The standard InChI is InChI=1S/C19H22N4O5/c24-16-4-3-15(18(26)20-16)23-10-13-2-1-12(9-14(13)11-23)17(25)21-19(27)22-5-7-28-8-6-22/h1-2,9,15H,3-8,10-11H2,(H,20,24,26)(H,21,25,27). The number of fused-ring (bicyclic) bond motifs is 1. The lowest BCUT2D eigenvalue weighted by Gasteiger charge is -2.29. The van der Waals surface area contributed by atoms with Gasteiger partial charge in [-0.1, -0.05) is 6.07 Å². The quantitative estimate of drug-likeness (QED) is 0.692. The zero-order chi connectivity index (χ0) is 19.7. The predicted octanol–water partition coefficient (Wildman–Crippen LogP) is -0.0106. The summed E-state index contributed by atoms with van der Waals surface area (Å²) in [6.45, 7) is 2.98. The third-order valence-corrected chi connectivity index (χ3v) is 5.38. The molecule has 5 amide bonds. The van der Waals surface area contributed by atoms with E-state index in [-0.39, 0.29) is 17.9 Å². The van der Waals surface area contributed by atoms with E-state index in [0.717, 1.165) is 11.1 Å². The minimum absolute atomic E-state index is 0.234. The van der Waals surface area contributed by atoms with Gasteiger partial charge < -0.3 is 9.64 Å². The van der Waals surface area contributed by atoms with E-state index in [1.165, 1.54) is 0 Å². The van der Waals surface area contributed by atoms with Gasteiger partial charge in [-0.15, -0.1) is 0 Å². The van der Waals surface area contributed by atoms with Crippen molar-refractivity contribution in [3.8, 4) is 0 Å². The maximum Gasteiger partial charge on any atom is 0.324 e. The van der Waals surface area contributed by atoms with Gasteiger partial charge in [0.2, 0.25) is 11.8 Å². The van der Waals surface area contributed by atoms with E-state index in [2.05, 4.69) is 10.6 Å². The Kier molecular flexibility index (Phi) is 5.10. The molecule has 0 aliphatic carbocycles. The molecule has 0 bridgehead atoms. The fourth-order valence-corrected chi connectivity index (χ4v) is 3.83. The average molecular weight is 386 g/mol. The highest BCUT2D eigenvalue weighted by atomic mass is 16.5. The van der Waals surface area contributed by atoms with Crippen molar-refractivity contribution in [2.24, 2.45) is 0 Å². The number of benzene rings is 1. The monoisotopic (exact) mass is 386 g/mol. The number of ether oxygens (including phenoxy) is 1. The number of hydrogen-bond donors (Lipinski definition) is 2. The van der Waals surface area contributed by atoms with Crippen molar-refractivity contribution >= 4 is 23.8 Å². The van der Waals surface area contributed by atoms with Gasteiger partial charge in [0.05, 0.1) is 19.3 Å². The van der Waals surface area contributed by atoms with Crippen molar-refractivity contribution < 1.29 is 23.9 Å². The molecule has 2 fully saturated rings. The van der Waals surface area contributed by atoms with Gasteiger partial charge >= 0.3 is 6.03 Å². The number of nitrogens with one attached hydrogen (secondary N) is 2. The molecule has 4 rings (SSSR count). The Hall–Kier alpha value is -2.78. The predicted molar refractivity (Wildman–Crippen MR) is 97.1 cm³/mol. The van der Waals surface area contributed by atoms with Crippen LogP contribution in [0.2, 0.25) is 0 Å². The Balaban J connectivity index is 1.40. The van der Waals surface area contributed by atoms with Crippen LogP contribution < -0.4 is 10.6 Å². The second kappa shape index (κ2) is 7.69. The van der Waals surface area contributed by atoms with Crippen molar-refractivity contribution in [2.45, 2.75) is 32.0 Å². The number of piperidine rings is 1. The number of nitrogens with zero attached hydrogens (tertiary/aromatic N) is 2. The van der Waals surface area contributed by atoms with E-state index in [0.29, 0.717) is 57.8 Å². The van der Waals surface area contributed by atoms with E-state index in [1.807, 2.05) is 11.0 Å². The molecule has 1 unspecified atom stereocenters. The van der Waals surface area contributed by atoms with Gasteiger partial charge in [0, 0.05) is 38.2 Å². The van der Waals surface area contributed by atoms with Crippen LogP contribution in [0.15, 0.2) is 18.2 Å². The second-order valence-corrected chi connectivity index (χ2v) is 7.21. The first-order chi connectivity index (χ1) is 13.5.